The molecule has 3 aliphatic carbocycles. The standard InChI is InChI=1S/C54H59BN2/c1-49(2,3)36-25-26-37-41(29-36)55-42-30-39-40(52(8,9)32-51(39,6)7)31-45(42)57(43-24-18-23-38-46(43)53(10,11)33-50(38,4)5)44-27-28-56-48(47(44)55)54(37,34-19-14-12-15-20-34)35-21-16-13-17-22-35/h12-31,43,46H,32-33H2,1-11H3. The third kappa shape index (κ3) is 4.99. The third-order valence-electron chi connectivity index (χ3n) is 15.1. The second kappa shape index (κ2) is 11.7. The monoisotopic (exact) mass is 746 g/mol. The van der Waals surface area contributed by atoms with Crippen molar-refractivity contribution in [3.05, 3.63) is 166 Å². The van der Waals surface area contributed by atoms with Gasteiger partial charge in [0.2, 0.25) is 6.71 Å². The number of benzene rings is 4. The van der Waals surface area contributed by atoms with Crippen molar-refractivity contribution in [2.75, 3.05) is 4.90 Å². The number of pyridine rings is 1. The molecule has 1 aromatic heterocycles. The van der Waals surface area contributed by atoms with Gasteiger partial charge in [0.1, 0.15) is 0 Å². The Kier molecular flexibility index (Phi) is 7.56. The minimum Gasteiger partial charge on any atom is -0.335 e. The summed E-state index contributed by atoms with van der Waals surface area (Å²) < 4.78 is 0. The molecule has 2 unspecified atom stereocenters. The lowest BCUT2D eigenvalue weighted by atomic mass is 9.29. The number of rotatable bonds is 3. The largest absolute Gasteiger partial charge is 0.335 e. The van der Waals surface area contributed by atoms with Crippen LogP contribution < -0.4 is 21.3 Å². The summed E-state index contributed by atoms with van der Waals surface area (Å²) >= 11 is 0. The topological polar surface area (TPSA) is 16.1 Å². The van der Waals surface area contributed by atoms with Crippen molar-refractivity contribution in [3.63, 3.8) is 0 Å². The minimum absolute atomic E-state index is 0.0147. The third-order valence-corrected chi connectivity index (χ3v) is 15.1. The minimum atomic E-state index is -0.612. The lowest BCUT2D eigenvalue weighted by Crippen LogP contribution is -2.67. The highest BCUT2D eigenvalue weighted by Gasteiger charge is 2.57. The van der Waals surface area contributed by atoms with Gasteiger partial charge >= 0.3 is 0 Å². The van der Waals surface area contributed by atoms with E-state index in [1.54, 1.807) is 5.57 Å². The van der Waals surface area contributed by atoms with Gasteiger partial charge in [-0.25, -0.2) is 0 Å². The van der Waals surface area contributed by atoms with Crippen LogP contribution in [-0.2, 0) is 21.7 Å². The SMILES string of the molecule is CC1(C)CC(C)(C)C2C1=CC=CC2N1c2cc3c(cc2B2c4cc(C(C)(C)C)ccc4C(c4ccccc4)(c4ccccc4)c4nccc1c42)C(C)(C)CC3(C)C. The van der Waals surface area contributed by atoms with Crippen molar-refractivity contribution in [2.24, 2.45) is 16.7 Å². The van der Waals surface area contributed by atoms with E-state index in [4.69, 9.17) is 4.98 Å². The summed E-state index contributed by atoms with van der Waals surface area (Å²) in [7, 11) is 0. The molecule has 3 heteroatoms. The molecule has 0 saturated heterocycles. The van der Waals surface area contributed by atoms with Gasteiger partial charge in [0.15, 0.2) is 0 Å². The molecule has 2 aliphatic heterocycles. The van der Waals surface area contributed by atoms with Gasteiger partial charge in [-0.05, 0) is 96.4 Å². The van der Waals surface area contributed by atoms with Crippen molar-refractivity contribution in [1.82, 2.24) is 4.98 Å². The van der Waals surface area contributed by atoms with Crippen LogP contribution >= 0.6 is 0 Å². The molecule has 0 N–H and O–H groups in total. The second-order valence-corrected chi connectivity index (χ2v) is 21.9. The van der Waals surface area contributed by atoms with Gasteiger partial charge in [-0.3, -0.25) is 4.98 Å². The van der Waals surface area contributed by atoms with E-state index in [1.807, 2.05) is 0 Å². The maximum atomic E-state index is 5.63. The summed E-state index contributed by atoms with van der Waals surface area (Å²) in [5, 5.41) is 0. The molecule has 0 amide bonds. The first-order valence-electron chi connectivity index (χ1n) is 21.5. The van der Waals surface area contributed by atoms with Crippen LogP contribution in [0.25, 0.3) is 0 Å². The fourth-order valence-electron chi connectivity index (χ4n) is 13.3. The maximum absolute atomic E-state index is 5.63. The highest BCUT2D eigenvalue weighted by Crippen LogP contribution is 2.61. The zero-order valence-corrected chi connectivity index (χ0v) is 36.1. The van der Waals surface area contributed by atoms with Gasteiger partial charge in [-0.2, -0.15) is 0 Å². The van der Waals surface area contributed by atoms with Crippen molar-refractivity contribution in [2.45, 2.75) is 117 Å². The average Bonchev–Trinajstić information content (AvgIpc) is 3.48. The van der Waals surface area contributed by atoms with Crippen LogP contribution in [0.1, 0.15) is 128 Å². The summed E-state index contributed by atoms with van der Waals surface area (Å²) in [5.41, 5.74) is 17.7. The molecular weight excluding hydrogens is 687 g/mol. The Labute approximate surface area is 342 Å². The molecular formula is C54H59BN2. The van der Waals surface area contributed by atoms with Gasteiger partial charge in [-0.15, -0.1) is 0 Å². The Hall–Kier alpha value is -4.63. The molecule has 4 aromatic carbocycles. The number of aromatic nitrogens is 1. The highest BCUT2D eigenvalue weighted by molar-refractivity contribution is 6.99. The summed E-state index contributed by atoms with van der Waals surface area (Å²) in [6, 6.07) is 37.8. The Morgan fingerprint density at radius 1 is 0.649 bits per heavy atom. The molecule has 5 aromatic rings. The van der Waals surface area contributed by atoms with Crippen LogP contribution in [0.4, 0.5) is 11.4 Å². The Balaban J connectivity index is 1.37. The van der Waals surface area contributed by atoms with Gasteiger partial charge in [-0.1, -0.05) is 190 Å². The van der Waals surface area contributed by atoms with Gasteiger partial charge < -0.3 is 4.90 Å². The molecule has 10 rings (SSSR count). The lowest BCUT2D eigenvalue weighted by Gasteiger charge is -2.51. The highest BCUT2D eigenvalue weighted by atomic mass is 15.2. The Morgan fingerprint density at radius 3 is 1.91 bits per heavy atom. The Morgan fingerprint density at radius 2 is 1.28 bits per heavy atom. The number of allylic oxidation sites excluding steroid dienone is 2. The van der Waals surface area contributed by atoms with E-state index in [-0.39, 0.29) is 39.8 Å². The van der Waals surface area contributed by atoms with Crippen LogP contribution in [0, 0.1) is 16.7 Å². The molecule has 288 valence electrons. The molecule has 57 heavy (non-hydrogen) atoms. The number of nitrogens with zero attached hydrogens (tertiary/aromatic N) is 2. The predicted molar refractivity (Wildman–Crippen MR) is 242 cm³/mol. The average molecular weight is 747 g/mol. The fourth-order valence-corrected chi connectivity index (χ4v) is 13.3. The van der Waals surface area contributed by atoms with Crippen LogP contribution in [0.5, 0.6) is 0 Å². The molecule has 1 fully saturated rings. The van der Waals surface area contributed by atoms with E-state index in [0.717, 1.165) is 12.1 Å². The summed E-state index contributed by atoms with van der Waals surface area (Å²) in [6.45, 7) is 27.0. The van der Waals surface area contributed by atoms with E-state index in [9.17, 15) is 0 Å². The van der Waals surface area contributed by atoms with E-state index >= 15 is 0 Å². The van der Waals surface area contributed by atoms with Crippen molar-refractivity contribution in [3.8, 4) is 0 Å². The van der Waals surface area contributed by atoms with Crippen molar-refractivity contribution < 1.29 is 0 Å². The van der Waals surface area contributed by atoms with E-state index in [0.29, 0.717) is 5.92 Å². The molecule has 0 bridgehead atoms. The van der Waals surface area contributed by atoms with Gasteiger partial charge in [0.25, 0.3) is 0 Å². The molecule has 3 heterocycles. The van der Waals surface area contributed by atoms with Crippen molar-refractivity contribution in [1.29, 1.82) is 0 Å². The van der Waals surface area contributed by atoms with E-state index in [1.165, 1.54) is 67.6 Å². The molecule has 2 atom stereocenters. The van der Waals surface area contributed by atoms with Crippen LogP contribution in [0.2, 0.25) is 0 Å². The second-order valence-electron chi connectivity index (χ2n) is 21.9. The molecule has 0 radical (unpaired) electrons. The lowest BCUT2D eigenvalue weighted by molar-refractivity contribution is 0.242. The van der Waals surface area contributed by atoms with Gasteiger partial charge in [0.05, 0.1) is 17.2 Å². The van der Waals surface area contributed by atoms with E-state index < -0.39 is 5.41 Å². The quantitative estimate of drug-likeness (QED) is 0.168. The molecule has 2 nitrogen and oxygen atoms in total. The number of anilines is 2. The number of hydrogen-bond acceptors (Lipinski definition) is 2. The fraction of sp³-hybridized carbons (Fsp3) is 0.389. The summed E-state index contributed by atoms with van der Waals surface area (Å²) in [4.78, 5) is 8.44. The zero-order valence-electron chi connectivity index (χ0n) is 36.1. The van der Waals surface area contributed by atoms with Crippen molar-refractivity contribution >= 4 is 34.5 Å². The molecule has 1 saturated carbocycles. The zero-order chi connectivity index (χ0) is 40.1. The smallest absolute Gasteiger partial charge is 0.249 e. The van der Waals surface area contributed by atoms with Gasteiger partial charge in [0, 0.05) is 23.5 Å². The maximum Gasteiger partial charge on any atom is 0.249 e. The normalized spacial score (nSPS) is 23.5. The van der Waals surface area contributed by atoms with Crippen LogP contribution in [0.15, 0.2) is 127 Å². The Bertz CT molecular complexity index is 2490. The summed E-state index contributed by atoms with van der Waals surface area (Å²) in [5.74, 6) is 0.375. The number of fused-ring (bicyclic) bond motifs is 6. The first-order chi connectivity index (χ1) is 26.9. The predicted octanol–water partition coefficient (Wildman–Crippen LogP) is 10.9. The van der Waals surface area contributed by atoms with Crippen LogP contribution in [-0.4, -0.2) is 17.7 Å². The first-order valence-corrected chi connectivity index (χ1v) is 21.5. The van der Waals surface area contributed by atoms with Crippen LogP contribution in [0.3, 0.4) is 0 Å². The summed E-state index contributed by atoms with van der Waals surface area (Å²) in [6.07, 6.45) is 11.8. The molecule has 0 spiro atoms. The first kappa shape index (κ1) is 36.7. The van der Waals surface area contributed by atoms with E-state index in [2.05, 4.69) is 203 Å². The molecule has 5 aliphatic rings. The number of hydrogen-bond donors (Lipinski definition) is 0.